The number of benzene rings is 4. The number of carbonyl (C=O) groups is 2. The third kappa shape index (κ3) is 6.53. The van der Waals surface area contributed by atoms with Crippen LogP contribution in [0, 0.1) is 23.3 Å². The Hall–Kier alpha value is -4.72. The number of carbonyl (C=O) groups excluding carboxylic acids is 2. The summed E-state index contributed by atoms with van der Waals surface area (Å²) in [6.07, 6.45) is 2.30. The van der Waals surface area contributed by atoms with Gasteiger partial charge in [-0.1, -0.05) is 54.6 Å². The van der Waals surface area contributed by atoms with Gasteiger partial charge in [-0.05, 0) is 48.2 Å². The summed E-state index contributed by atoms with van der Waals surface area (Å²) >= 11 is 0. The predicted octanol–water partition coefficient (Wildman–Crippen LogP) is 8.04. The van der Waals surface area contributed by atoms with E-state index in [9.17, 15) is 27.2 Å². The first-order valence-corrected chi connectivity index (χ1v) is 13.7. The maximum absolute atomic E-state index is 14.7. The van der Waals surface area contributed by atoms with Gasteiger partial charge in [-0.2, -0.15) is 0 Å². The average Bonchev–Trinajstić information content (AvgIpc) is 3.41. The molecule has 2 atom stereocenters. The van der Waals surface area contributed by atoms with Gasteiger partial charge in [0.15, 0.2) is 17.3 Å². The van der Waals surface area contributed by atoms with Gasteiger partial charge in [0.1, 0.15) is 35.7 Å². The summed E-state index contributed by atoms with van der Waals surface area (Å²) < 4.78 is 68.6. The second-order valence-electron chi connectivity index (χ2n) is 10.5. The zero-order valence-corrected chi connectivity index (χ0v) is 23.5. The molecule has 0 saturated carbocycles. The summed E-state index contributed by atoms with van der Waals surface area (Å²) in [5, 5.41) is 0. The van der Waals surface area contributed by atoms with Crippen molar-refractivity contribution in [3.05, 3.63) is 142 Å². The van der Waals surface area contributed by atoms with Crippen molar-refractivity contribution in [2.75, 3.05) is 7.11 Å². The van der Waals surface area contributed by atoms with Gasteiger partial charge < -0.3 is 9.47 Å². The Bertz CT molecular complexity index is 1670. The molecule has 0 N–H and O–H groups in total. The third-order valence-corrected chi connectivity index (χ3v) is 7.50. The molecule has 0 aromatic heterocycles. The number of ether oxygens (including phenoxy) is 2. The molecule has 1 aliphatic carbocycles. The van der Waals surface area contributed by atoms with Crippen LogP contribution in [0.5, 0.6) is 11.5 Å². The third-order valence-electron chi connectivity index (χ3n) is 7.50. The lowest BCUT2D eigenvalue weighted by Gasteiger charge is -2.21. The zero-order valence-electron chi connectivity index (χ0n) is 23.5. The monoisotopic (exact) mass is 588 g/mol. The molecule has 43 heavy (non-hydrogen) atoms. The molecule has 0 bridgehead atoms. The highest BCUT2D eigenvalue weighted by molar-refractivity contribution is 6.10. The molecule has 4 aromatic carbocycles. The molecule has 8 heteroatoms. The maximum Gasteiger partial charge on any atom is 0.195 e. The van der Waals surface area contributed by atoms with E-state index < -0.39 is 40.5 Å². The minimum atomic E-state index is -1.30. The SMILES string of the molecule is COc1c(OCc2ccc(CC(C)=O)cc2)cccc1C1CC(c2ccc(F)cc2)C=C1C(=O)c1c(F)cc(F)cc1F. The summed E-state index contributed by atoms with van der Waals surface area (Å²) in [6, 6.07) is 19.4. The smallest absolute Gasteiger partial charge is 0.195 e. The molecule has 0 aliphatic heterocycles. The first-order valence-electron chi connectivity index (χ1n) is 13.7. The number of methoxy groups -OCH3 is 1. The van der Waals surface area contributed by atoms with Gasteiger partial charge in [0.25, 0.3) is 0 Å². The summed E-state index contributed by atoms with van der Waals surface area (Å²) in [7, 11) is 1.46. The molecule has 0 amide bonds. The molecule has 4 nitrogen and oxygen atoms in total. The van der Waals surface area contributed by atoms with Gasteiger partial charge in [-0.15, -0.1) is 0 Å². The summed E-state index contributed by atoms with van der Waals surface area (Å²) in [4.78, 5) is 25.1. The number of hydrogen-bond donors (Lipinski definition) is 0. The van der Waals surface area contributed by atoms with Gasteiger partial charge in [-0.3, -0.25) is 9.59 Å². The average molecular weight is 589 g/mol. The number of allylic oxidation sites excluding steroid dienone is 2. The Balaban J connectivity index is 1.49. The number of hydrogen-bond acceptors (Lipinski definition) is 4. The van der Waals surface area contributed by atoms with Crippen molar-refractivity contribution in [1.82, 2.24) is 0 Å². The maximum atomic E-state index is 14.7. The highest BCUT2D eigenvalue weighted by Gasteiger charge is 2.37. The van der Waals surface area contributed by atoms with Gasteiger partial charge in [0.05, 0.1) is 12.7 Å². The Morgan fingerprint density at radius 3 is 2.12 bits per heavy atom. The Morgan fingerprint density at radius 2 is 1.49 bits per heavy atom. The normalized spacial score (nSPS) is 16.1. The van der Waals surface area contributed by atoms with E-state index in [1.807, 2.05) is 24.3 Å². The van der Waals surface area contributed by atoms with Crippen LogP contribution in [-0.2, 0) is 17.8 Å². The quantitative estimate of drug-likeness (QED) is 0.139. The van der Waals surface area contributed by atoms with Crippen molar-refractivity contribution in [3.8, 4) is 11.5 Å². The lowest BCUT2D eigenvalue weighted by Crippen LogP contribution is -2.14. The Morgan fingerprint density at radius 1 is 0.837 bits per heavy atom. The first-order chi connectivity index (χ1) is 20.6. The van der Waals surface area contributed by atoms with Crippen molar-refractivity contribution in [2.45, 2.75) is 38.2 Å². The summed E-state index contributed by atoms with van der Waals surface area (Å²) in [5.41, 5.74) is 2.28. The van der Waals surface area contributed by atoms with Gasteiger partial charge in [0.2, 0.25) is 0 Å². The minimum absolute atomic E-state index is 0.0657. The Labute approximate surface area is 246 Å². The molecule has 5 rings (SSSR count). The zero-order chi connectivity index (χ0) is 30.7. The standard InChI is InChI=1S/C35H28F4O4/c1-20(40)14-21-6-8-22(9-7-21)19-43-32-5-3-4-27(35(32)42-2)28-15-24(23-10-12-25(36)13-11-23)16-29(28)34(41)33-30(38)17-26(37)18-31(33)39/h3-13,16-18,24,28H,14-15,19H2,1-2H3. The summed E-state index contributed by atoms with van der Waals surface area (Å²) in [5.74, 6) is -5.31. The van der Waals surface area contributed by atoms with E-state index in [1.54, 1.807) is 36.4 Å². The number of halogens is 4. The molecular weight excluding hydrogens is 560 g/mol. The molecule has 1 aliphatic rings. The van der Waals surface area contributed by atoms with E-state index in [0.717, 1.165) is 11.1 Å². The molecule has 0 saturated heterocycles. The fraction of sp³-hybridized carbons (Fsp3) is 0.200. The number of ketones is 2. The van der Waals surface area contributed by atoms with Gasteiger partial charge in [0, 0.05) is 41.5 Å². The van der Waals surface area contributed by atoms with Crippen molar-refractivity contribution in [1.29, 1.82) is 0 Å². The first kappa shape index (κ1) is 29.8. The highest BCUT2D eigenvalue weighted by Crippen LogP contribution is 2.49. The van der Waals surface area contributed by atoms with Crippen molar-refractivity contribution in [2.24, 2.45) is 0 Å². The molecular formula is C35H28F4O4. The predicted molar refractivity (Wildman–Crippen MR) is 153 cm³/mol. The lowest BCUT2D eigenvalue weighted by atomic mass is 9.86. The van der Waals surface area contributed by atoms with Crippen LogP contribution >= 0.6 is 0 Å². The van der Waals surface area contributed by atoms with E-state index in [1.165, 1.54) is 26.2 Å². The van der Waals surface area contributed by atoms with Crippen molar-refractivity contribution >= 4 is 11.6 Å². The second-order valence-corrected chi connectivity index (χ2v) is 10.5. The van der Waals surface area contributed by atoms with Gasteiger partial charge in [-0.25, -0.2) is 17.6 Å². The molecule has 0 spiro atoms. The van der Waals surface area contributed by atoms with Crippen LogP contribution in [0.15, 0.2) is 90.5 Å². The Kier molecular flexibility index (Phi) is 8.76. The fourth-order valence-corrected chi connectivity index (χ4v) is 5.50. The number of para-hydroxylation sites is 1. The molecule has 0 radical (unpaired) electrons. The van der Waals surface area contributed by atoms with E-state index in [-0.39, 0.29) is 23.9 Å². The molecule has 2 unspecified atom stereocenters. The minimum Gasteiger partial charge on any atom is -0.493 e. The van der Waals surface area contributed by atoms with E-state index in [2.05, 4.69) is 0 Å². The molecule has 0 fully saturated rings. The topological polar surface area (TPSA) is 52.6 Å². The number of Topliss-reactive ketones (excluding diaryl/α,β-unsaturated/α-hetero) is 2. The molecule has 4 aromatic rings. The van der Waals surface area contributed by atoms with Gasteiger partial charge >= 0.3 is 0 Å². The second kappa shape index (κ2) is 12.7. The van der Waals surface area contributed by atoms with E-state index >= 15 is 0 Å². The van der Waals surface area contributed by atoms with Crippen LogP contribution in [0.2, 0.25) is 0 Å². The molecule has 220 valence electrons. The van der Waals surface area contributed by atoms with Crippen molar-refractivity contribution in [3.63, 3.8) is 0 Å². The number of rotatable bonds is 10. The van der Waals surface area contributed by atoms with E-state index in [0.29, 0.717) is 47.6 Å². The van der Waals surface area contributed by atoms with Crippen LogP contribution in [0.1, 0.15) is 57.8 Å². The van der Waals surface area contributed by atoms with Crippen LogP contribution < -0.4 is 9.47 Å². The van der Waals surface area contributed by atoms with Crippen LogP contribution in [0.25, 0.3) is 0 Å². The largest absolute Gasteiger partial charge is 0.493 e. The van der Waals surface area contributed by atoms with Crippen LogP contribution in [0.4, 0.5) is 17.6 Å². The lowest BCUT2D eigenvalue weighted by molar-refractivity contribution is -0.116. The van der Waals surface area contributed by atoms with E-state index in [4.69, 9.17) is 9.47 Å². The van der Waals surface area contributed by atoms with Crippen LogP contribution in [0.3, 0.4) is 0 Å². The highest BCUT2D eigenvalue weighted by atomic mass is 19.1. The van der Waals surface area contributed by atoms with Crippen LogP contribution in [-0.4, -0.2) is 18.7 Å². The van der Waals surface area contributed by atoms with Crippen molar-refractivity contribution < 1.29 is 36.6 Å². The summed E-state index contributed by atoms with van der Waals surface area (Å²) in [6.45, 7) is 1.72. The fourth-order valence-electron chi connectivity index (χ4n) is 5.50. The molecule has 0 heterocycles.